The number of anilines is 3. The maximum Gasteiger partial charge on any atom is 0.143 e. The van der Waals surface area contributed by atoms with Crippen LogP contribution in [0.5, 0.6) is 0 Å². The van der Waals surface area contributed by atoms with E-state index in [9.17, 15) is 10.2 Å². The van der Waals surface area contributed by atoms with Crippen molar-refractivity contribution < 1.29 is 53.6 Å². The van der Waals surface area contributed by atoms with Crippen molar-refractivity contribution in [2.75, 3.05) is 168 Å². The normalized spacial score (nSPS) is 11.6. The lowest BCUT2D eigenvalue weighted by atomic mass is 9.79. The molecule has 0 atom stereocenters. The fourth-order valence-electron chi connectivity index (χ4n) is 6.21. The monoisotopic (exact) mass is 787 g/mol. The first-order valence-electron chi connectivity index (χ1n) is 19.4. The fourth-order valence-corrected chi connectivity index (χ4v) is 6.21. The van der Waals surface area contributed by atoms with Crippen LogP contribution >= 0.6 is 0 Å². The zero-order chi connectivity index (χ0) is 40.3. The maximum absolute atomic E-state index is 9.21. The predicted octanol–water partition coefficient (Wildman–Crippen LogP) is 2.37. The van der Waals surface area contributed by atoms with Gasteiger partial charge in [0.2, 0.25) is 0 Å². The Bertz CT molecular complexity index is 1320. The van der Waals surface area contributed by atoms with E-state index in [0.717, 1.165) is 33.8 Å². The van der Waals surface area contributed by atoms with Gasteiger partial charge < -0.3 is 68.3 Å². The fraction of sp³-hybridized carbons (Fsp3) is 0.571. The molecule has 14 nitrogen and oxygen atoms in total. The molecule has 3 aromatic carbocycles. The summed E-state index contributed by atoms with van der Waals surface area (Å²) in [4.78, 5) is 6.45. The zero-order valence-corrected chi connectivity index (χ0v) is 33.6. The van der Waals surface area contributed by atoms with Crippen molar-refractivity contribution in [3.63, 3.8) is 0 Å². The maximum atomic E-state index is 9.21. The number of methoxy groups -OCH3 is 1. The minimum absolute atomic E-state index is 0.0172. The van der Waals surface area contributed by atoms with E-state index < -0.39 is 5.60 Å². The summed E-state index contributed by atoms with van der Waals surface area (Å²) in [5.74, 6) is 0. The van der Waals surface area contributed by atoms with E-state index in [1.165, 1.54) is 0 Å². The molecular weight excluding hydrogens is 722 g/mol. The Morgan fingerprint density at radius 3 is 0.929 bits per heavy atom. The van der Waals surface area contributed by atoms with Crippen molar-refractivity contribution in [2.24, 2.45) is 0 Å². The number of nitrogens with zero attached hydrogens (tertiary/aromatic N) is 3. The summed E-state index contributed by atoms with van der Waals surface area (Å²) in [7, 11) is 5.77. The van der Waals surface area contributed by atoms with E-state index >= 15 is 0 Å². The van der Waals surface area contributed by atoms with Gasteiger partial charge in [0.25, 0.3) is 0 Å². The second-order valence-electron chi connectivity index (χ2n) is 13.0. The quantitative estimate of drug-likeness (QED) is 0.0528. The molecule has 0 spiro atoms. The lowest BCUT2D eigenvalue weighted by Gasteiger charge is -2.36. The SMILES string of the molecule is COC(c1ccc(N(C)C)cc1)(c1ccc(N(CCOCCO)CCOCCOCCO)cc1)c1ccc(N(CCOCCO)CCOCCOCCO)cc1. The van der Waals surface area contributed by atoms with Crippen LogP contribution in [-0.4, -0.2) is 174 Å². The molecule has 0 aliphatic carbocycles. The molecule has 0 aliphatic heterocycles. The molecule has 56 heavy (non-hydrogen) atoms. The van der Waals surface area contributed by atoms with Gasteiger partial charge in [0.1, 0.15) is 5.60 Å². The van der Waals surface area contributed by atoms with Crippen LogP contribution < -0.4 is 14.7 Å². The standard InChI is InChI=1S/C42H65N3O11/c1-43(2)39-10-4-36(5-11-39)42(50-3,37-6-12-40(13-7-37)44(16-24-51-28-20-46)18-26-53-32-34-55-30-22-48)38-8-14-41(15-9-38)45(17-25-52-29-21-47)19-27-54-33-35-56-31-23-49/h4-15,46-49H,16-35H2,1-3H3. The largest absolute Gasteiger partial charge is 0.394 e. The van der Waals surface area contributed by atoms with Crippen molar-refractivity contribution >= 4 is 17.1 Å². The smallest absolute Gasteiger partial charge is 0.143 e. The van der Waals surface area contributed by atoms with Crippen molar-refractivity contribution in [3.05, 3.63) is 89.5 Å². The van der Waals surface area contributed by atoms with Gasteiger partial charge in [0.05, 0.1) is 106 Å². The summed E-state index contributed by atoms with van der Waals surface area (Å²) in [6, 6.07) is 25.2. The van der Waals surface area contributed by atoms with Crippen LogP contribution in [0.4, 0.5) is 17.1 Å². The molecule has 0 bridgehead atoms. The first-order valence-corrected chi connectivity index (χ1v) is 19.4. The minimum Gasteiger partial charge on any atom is -0.394 e. The molecule has 14 heteroatoms. The highest BCUT2D eigenvalue weighted by Crippen LogP contribution is 2.41. The zero-order valence-electron chi connectivity index (χ0n) is 33.6. The molecule has 0 saturated heterocycles. The first kappa shape index (κ1) is 47.0. The van der Waals surface area contributed by atoms with Gasteiger partial charge in [-0.2, -0.15) is 0 Å². The molecule has 0 unspecified atom stereocenters. The molecule has 3 aromatic rings. The van der Waals surface area contributed by atoms with Gasteiger partial charge in [0.15, 0.2) is 0 Å². The summed E-state index contributed by atoms with van der Waals surface area (Å²) in [5, 5.41) is 36.3. The summed E-state index contributed by atoms with van der Waals surface area (Å²) in [6.07, 6.45) is 0. The summed E-state index contributed by atoms with van der Waals surface area (Å²) in [5.41, 5.74) is 5.00. The number of hydrogen-bond donors (Lipinski definition) is 4. The van der Waals surface area contributed by atoms with E-state index in [-0.39, 0.29) is 52.9 Å². The molecular formula is C42H65N3O11. The van der Waals surface area contributed by atoms with Crippen LogP contribution in [0, 0.1) is 0 Å². The molecule has 0 fully saturated rings. The predicted molar refractivity (Wildman–Crippen MR) is 218 cm³/mol. The number of ether oxygens (including phenoxy) is 7. The van der Waals surface area contributed by atoms with Crippen molar-refractivity contribution in [1.82, 2.24) is 0 Å². The van der Waals surface area contributed by atoms with E-state index in [1.807, 2.05) is 14.1 Å². The number of hydrogen-bond acceptors (Lipinski definition) is 14. The first-order chi connectivity index (χ1) is 27.4. The third-order valence-electron chi connectivity index (χ3n) is 9.08. The van der Waals surface area contributed by atoms with Crippen molar-refractivity contribution in [1.29, 1.82) is 0 Å². The van der Waals surface area contributed by atoms with Crippen LogP contribution in [0.15, 0.2) is 72.8 Å². The van der Waals surface area contributed by atoms with Crippen LogP contribution in [0.25, 0.3) is 0 Å². The molecule has 4 N–H and O–H groups in total. The van der Waals surface area contributed by atoms with E-state index in [2.05, 4.69) is 87.5 Å². The topological polar surface area (TPSA) is 155 Å². The lowest BCUT2D eigenvalue weighted by Crippen LogP contribution is -2.34. The second-order valence-corrected chi connectivity index (χ2v) is 13.0. The number of aliphatic hydroxyl groups is 4. The Hall–Kier alpha value is -3.38. The Morgan fingerprint density at radius 2 is 0.661 bits per heavy atom. The molecule has 0 aromatic heterocycles. The third-order valence-corrected chi connectivity index (χ3v) is 9.08. The highest BCUT2D eigenvalue weighted by atomic mass is 16.5. The minimum atomic E-state index is -0.943. The van der Waals surface area contributed by atoms with Gasteiger partial charge in [-0.1, -0.05) is 36.4 Å². The molecule has 0 radical (unpaired) electrons. The van der Waals surface area contributed by atoms with Gasteiger partial charge in [0, 0.05) is 64.4 Å². The number of benzene rings is 3. The summed E-state index contributed by atoms with van der Waals surface area (Å²) in [6.45, 7) is 7.03. The third kappa shape index (κ3) is 15.5. The van der Waals surface area contributed by atoms with Gasteiger partial charge in [-0.3, -0.25) is 0 Å². The Kier molecular flexibility index (Phi) is 23.6. The molecule has 0 saturated carbocycles. The van der Waals surface area contributed by atoms with Crippen molar-refractivity contribution in [2.45, 2.75) is 5.60 Å². The Morgan fingerprint density at radius 1 is 0.393 bits per heavy atom. The average Bonchev–Trinajstić information content (AvgIpc) is 3.23. The average molecular weight is 788 g/mol. The van der Waals surface area contributed by atoms with Gasteiger partial charge in [-0.05, 0) is 53.1 Å². The summed E-state index contributed by atoms with van der Waals surface area (Å²) >= 11 is 0. The second kappa shape index (κ2) is 28.1. The number of rotatable bonds is 33. The summed E-state index contributed by atoms with van der Waals surface area (Å²) < 4.78 is 40.1. The van der Waals surface area contributed by atoms with Crippen LogP contribution in [0.3, 0.4) is 0 Å². The Balaban J connectivity index is 1.92. The molecule has 0 amide bonds. The lowest BCUT2D eigenvalue weighted by molar-refractivity contribution is 0.0347. The molecule has 314 valence electrons. The van der Waals surface area contributed by atoms with Crippen LogP contribution in [0.1, 0.15) is 16.7 Å². The Labute approximate surface area is 333 Å². The van der Waals surface area contributed by atoms with E-state index in [4.69, 9.17) is 43.4 Å². The van der Waals surface area contributed by atoms with Gasteiger partial charge >= 0.3 is 0 Å². The van der Waals surface area contributed by atoms with Gasteiger partial charge in [-0.25, -0.2) is 0 Å². The highest BCUT2D eigenvalue weighted by molar-refractivity contribution is 5.58. The molecule has 3 rings (SSSR count). The number of aliphatic hydroxyl groups excluding tert-OH is 4. The van der Waals surface area contributed by atoms with Crippen LogP contribution in [-0.2, 0) is 38.8 Å². The molecule has 0 heterocycles. The highest BCUT2D eigenvalue weighted by Gasteiger charge is 2.37. The van der Waals surface area contributed by atoms with E-state index in [1.54, 1.807) is 7.11 Å². The van der Waals surface area contributed by atoms with Crippen molar-refractivity contribution in [3.8, 4) is 0 Å². The van der Waals surface area contributed by atoms with Crippen LogP contribution in [0.2, 0.25) is 0 Å². The molecule has 0 aliphatic rings. The van der Waals surface area contributed by atoms with Gasteiger partial charge in [-0.15, -0.1) is 0 Å². The van der Waals surface area contributed by atoms with E-state index in [0.29, 0.717) is 79.0 Å².